The highest BCUT2D eigenvalue weighted by Crippen LogP contribution is 2.32. The summed E-state index contributed by atoms with van der Waals surface area (Å²) in [5.74, 6) is 0.823. The molecule has 0 atom stereocenters. The van der Waals surface area contributed by atoms with Gasteiger partial charge >= 0.3 is 0 Å². The van der Waals surface area contributed by atoms with E-state index in [1.54, 1.807) is 4.52 Å². The molecule has 3 aromatic rings. The van der Waals surface area contributed by atoms with Gasteiger partial charge in [-0.15, -0.1) is 5.10 Å². The van der Waals surface area contributed by atoms with E-state index in [1.807, 2.05) is 31.2 Å². The van der Waals surface area contributed by atoms with Crippen LogP contribution in [0.15, 0.2) is 24.3 Å². The van der Waals surface area contributed by atoms with E-state index in [0.29, 0.717) is 17.8 Å². The summed E-state index contributed by atoms with van der Waals surface area (Å²) in [7, 11) is 2.05. The average Bonchev–Trinajstić information content (AvgIpc) is 2.99. The number of nitrogens with zero attached hydrogens (tertiary/aromatic N) is 6. The predicted molar refractivity (Wildman–Crippen MR) is 82.9 cm³/mol. The summed E-state index contributed by atoms with van der Waals surface area (Å²) >= 11 is 0. The lowest BCUT2D eigenvalue weighted by Gasteiger charge is -2.41. The van der Waals surface area contributed by atoms with Crippen molar-refractivity contribution in [3.63, 3.8) is 0 Å². The third-order valence-electron chi connectivity index (χ3n) is 4.36. The molecule has 0 spiro atoms. The molecule has 2 aromatic heterocycles. The van der Waals surface area contributed by atoms with Crippen molar-refractivity contribution >= 4 is 22.5 Å². The normalized spacial score (nSPS) is 21.2. The van der Waals surface area contributed by atoms with Crippen LogP contribution in [0.1, 0.15) is 19.8 Å². The van der Waals surface area contributed by atoms with Crippen LogP contribution in [0.5, 0.6) is 0 Å². The summed E-state index contributed by atoms with van der Waals surface area (Å²) in [6, 6.07) is 8.32. The number of ether oxygens (including phenoxy) is 1. The zero-order valence-corrected chi connectivity index (χ0v) is 12.7. The van der Waals surface area contributed by atoms with Crippen LogP contribution in [0.25, 0.3) is 16.7 Å². The van der Waals surface area contributed by atoms with Crippen LogP contribution in [0, 0.1) is 0 Å². The second kappa shape index (κ2) is 5.17. The second-order valence-corrected chi connectivity index (χ2v) is 5.65. The monoisotopic (exact) mass is 298 g/mol. The average molecular weight is 298 g/mol. The standard InChI is InChI=1S/C15H18N6O/c1-3-22-11-8-10(9-11)20(2)14-15-17-18-19-21(15)13-7-5-4-6-12(13)16-14/h4-7,10-11H,3,8-9H2,1-2H3. The number of anilines is 1. The number of para-hydroxylation sites is 2. The molecule has 0 saturated heterocycles. The van der Waals surface area contributed by atoms with Crippen LogP contribution in [-0.2, 0) is 4.74 Å². The third kappa shape index (κ3) is 2.00. The Kier molecular flexibility index (Phi) is 3.15. The second-order valence-electron chi connectivity index (χ2n) is 5.65. The van der Waals surface area contributed by atoms with Gasteiger partial charge in [-0.25, -0.2) is 4.98 Å². The molecule has 0 amide bonds. The first-order valence-electron chi connectivity index (χ1n) is 7.59. The highest BCUT2D eigenvalue weighted by atomic mass is 16.5. The first kappa shape index (κ1) is 13.4. The quantitative estimate of drug-likeness (QED) is 0.730. The SMILES string of the molecule is CCOC1CC(N(C)c2nc3ccccc3n3nnnc23)C1. The largest absolute Gasteiger partial charge is 0.378 e. The van der Waals surface area contributed by atoms with Crippen LogP contribution in [0.3, 0.4) is 0 Å². The van der Waals surface area contributed by atoms with Crippen molar-refractivity contribution < 1.29 is 4.74 Å². The topological polar surface area (TPSA) is 68.4 Å². The number of hydrogen-bond acceptors (Lipinski definition) is 6. The molecule has 1 fully saturated rings. The summed E-state index contributed by atoms with van der Waals surface area (Å²) in [5.41, 5.74) is 2.51. The van der Waals surface area contributed by atoms with E-state index in [4.69, 9.17) is 9.72 Å². The van der Waals surface area contributed by atoms with E-state index in [0.717, 1.165) is 36.3 Å². The molecule has 4 rings (SSSR count). The van der Waals surface area contributed by atoms with Gasteiger partial charge in [0.15, 0.2) is 5.82 Å². The van der Waals surface area contributed by atoms with Crippen LogP contribution in [-0.4, -0.2) is 50.8 Å². The van der Waals surface area contributed by atoms with Gasteiger partial charge in [0.05, 0.1) is 17.1 Å². The Morgan fingerprint density at radius 2 is 2.14 bits per heavy atom. The van der Waals surface area contributed by atoms with E-state index in [9.17, 15) is 0 Å². The first-order chi connectivity index (χ1) is 10.8. The summed E-state index contributed by atoms with van der Waals surface area (Å²) in [4.78, 5) is 6.95. The number of rotatable bonds is 4. The molecule has 0 aliphatic heterocycles. The number of benzene rings is 1. The molecule has 0 N–H and O–H groups in total. The maximum Gasteiger partial charge on any atom is 0.222 e. The molecular formula is C15H18N6O. The Morgan fingerprint density at radius 1 is 1.32 bits per heavy atom. The molecule has 114 valence electrons. The summed E-state index contributed by atoms with van der Waals surface area (Å²) in [5, 5.41) is 12.1. The van der Waals surface area contributed by atoms with Crippen molar-refractivity contribution in [2.45, 2.75) is 31.9 Å². The fourth-order valence-electron chi connectivity index (χ4n) is 3.03. The van der Waals surface area contributed by atoms with Crippen molar-refractivity contribution in [1.82, 2.24) is 25.0 Å². The maximum absolute atomic E-state index is 5.64. The third-order valence-corrected chi connectivity index (χ3v) is 4.36. The Morgan fingerprint density at radius 3 is 2.95 bits per heavy atom. The van der Waals surface area contributed by atoms with Crippen molar-refractivity contribution in [2.75, 3.05) is 18.6 Å². The smallest absolute Gasteiger partial charge is 0.222 e. The van der Waals surface area contributed by atoms with Gasteiger partial charge < -0.3 is 9.64 Å². The van der Waals surface area contributed by atoms with Crippen LogP contribution in [0.2, 0.25) is 0 Å². The summed E-state index contributed by atoms with van der Waals surface area (Å²) in [6.45, 7) is 2.81. The molecule has 0 unspecified atom stereocenters. The fourth-order valence-corrected chi connectivity index (χ4v) is 3.03. The van der Waals surface area contributed by atoms with E-state index in [2.05, 4.69) is 27.5 Å². The number of tetrazole rings is 1. The highest BCUT2D eigenvalue weighted by Gasteiger charge is 2.34. The molecule has 1 aliphatic rings. The van der Waals surface area contributed by atoms with Gasteiger partial charge in [-0.1, -0.05) is 12.1 Å². The van der Waals surface area contributed by atoms with Crippen molar-refractivity contribution in [1.29, 1.82) is 0 Å². The molecule has 22 heavy (non-hydrogen) atoms. The highest BCUT2D eigenvalue weighted by molar-refractivity contribution is 5.82. The van der Waals surface area contributed by atoms with Gasteiger partial charge in [0, 0.05) is 19.7 Å². The Balaban J connectivity index is 1.72. The first-order valence-corrected chi connectivity index (χ1v) is 7.59. The van der Waals surface area contributed by atoms with Crippen molar-refractivity contribution in [3.8, 4) is 0 Å². The van der Waals surface area contributed by atoms with Crippen molar-refractivity contribution in [2.24, 2.45) is 0 Å². The van der Waals surface area contributed by atoms with Gasteiger partial charge in [-0.05, 0) is 42.3 Å². The maximum atomic E-state index is 5.64. The summed E-state index contributed by atoms with van der Waals surface area (Å²) < 4.78 is 7.40. The number of fused-ring (bicyclic) bond motifs is 3. The van der Waals surface area contributed by atoms with Gasteiger partial charge in [-0.2, -0.15) is 4.52 Å². The minimum absolute atomic E-state index is 0.366. The van der Waals surface area contributed by atoms with Crippen LogP contribution >= 0.6 is 0 Å². The predicted octanol–water partition coefficient (Wildman–Crippen LogP) is 1.68. The molecule has 7 nitrogen and oxygen atoms in total. The van der Waals surface area contributed by atoms with Gasteiger partial charge in [0.2, 0.25) is 5.65 Å². The molecular weight excluding hydrogens is 280 g/mol. The molecule has 0 radical (unpaired) electrons. The minimum Gasteiger partial charge on any atom is -0.378 e. The molecule has 1 aliphatic carbocycles. The Hall–Kier alpha value is -2.28. The van der Waals surface area contributed by atoms with Gasteiger partial charge in [0.1, 0.15) is 0 Å². The number of aromatic nitrogens is 5. The van der Waals surface area contributed by atoms with E-state index < -0.39 is 0 Å². The minimum atomic E-state index is 0.366. The Labute approximate surface area is 127 Å². The van der Waals surface area contributed by atoms with Crippen LogP contribution in [0.4, 0.5) is 5.82 Å². The van der Waals surface area contributed by atoms with Crippen molar-refractivity contribution in [3.05, 3.63) is 24.3 Å². The van der Waals surface area contributed by atoms with E-state index in [1.165, 1.54) is 0 Å². The number of hydrogen-bond donors (Lipinski definition) is 0. The lowest BCUT2D eigenvalue weighted by molar-refractivity contribution is -0.00231. The Bertz CT molecular complexity index is 810. The van der Waals surface area contributed by atoms with E-state index >= 15 is 0 Å². The van der Waals surface area contributed by atoms with Crippen LogP contribution < -0.4 is 4.90 Å². The molecule has 2 heterocycles. The molecule has 1 aromatic carbocycles. The lowest BCUT2D eigenvalue weighted by Crippen LogP contribution is -2.47. The van der Waals surface area contributed by atoms with Gasteiger partial charge in [0.25, 0.3) is 0 Å². The molecule has 7 heteroatoms. The van der Waals surface area contributed by atoms with Gasteiger partial charge in [-0.3, -0.25) is 0 Å². The zero-order chi connectivity index (χ0) is 15.1. The summed E-state index contributed by atoms with van der Waals surface area (Å²) in [6.07, 6.45) is 2.41. The zero-order valence-electron chi connectivity index (χ0n) is 12.7. The fraction of sp³-hybridized carbons (Fsp3) is 0.467. The van der Waals surface area contributed by atoms with E-state index in [-0.39, 0.29) is 0 Å². The molecule has 1 saturated carbocycles. The molecule has 0 bridgehead atoms. The lowest BCUT2D eigenvalue weighted by atomic mass is 9.88.